The third-order valence-electron chi connectivity index (χ3n) is 6.42. The van der Waals surface area contributed by atoms with Crippen LogP contribution in [0, 0.1) is 5.92 Å². The largest absolute Gasteiger partial charge is 0.268 e. The fourth-order valence-electron chi connectivity index (χ4n) is 4.67. The molecule has 32 heavy (non-hydrogen) atoms. The number of hydrogen-bond donors (Lipinski definition) is 0. The number of hydrogen-bond acceptors (Lipinski definition) is 5. The lowest BCUT2D eigenvalue weighted by Gasteiger charge is -2.17. The molecule has 0 radical (unpaired) electrons. The second-order valence-corrected chi connectivity index (χ2v) is 11.0. The Bertz CT molecular complexity index is 1290. The predicted molar refractivity (Wildman–Crippen MR) is 135 cm³/mol. The summed E-state index contributed by atoms with van der Waals surface area (Å²) in [7, 11) is 0. The fourth-order valence-corrected chi connectivity index (χ4v) is 7.16. The monoisotopic (exact) mass is 466 g/mol. The standard InChI is InChI=1S/C25H30N4OS2/c1-3-4-5-6-10-15-31-25-27-26-24-28(18-11-8-7-9-12-18)22(30)21-19-14-13-17(2)16-20(19)32-23(21)29(24)25/h7-9,11-12,17H,3-6,10,13-16H2,1-2H3. The average molecular weight is 467 g/mol. The molecule has 1 unspecified atom stereocenters. The SMILES string of the molecule is CCCCCCCSc1nnc2n(-c3ccccc3)c(=O)c3c4c(sc3n12)CC(C)CC4. The van der Waals surface area contributed by atoms with Gasteiger partial charge in [-0.25, -0.2) is 8.97 Å². The summed E-state index contributed by atoms with van der Waals surface area (Å²) in [6.07, 6.45) is 9.48. The first-order valence-corrected chi connectivity index (χ1v) is 13.6. The second-order valence-electron chi connectivity index (χ2n) is 8.89. The van der Waals surface area contributed by atoms with Crippen molar-refractivity contribution >= 4 is 39.1 Å². The number of thioether (sulfide) groups is 1. The molecular formula is C25H30N4OS2. The van der Waals surface area contributed by atoms with Gasteiger partial charge in [0.2, 0.25) is 5.78 Å². The van der Waals surface area contributed by atoms with Crippen LogP contribution in [0.5, 0.6) is 0 Å². The van der Waals surface area contributed by atoms with Gasteiger partial charge >= 0.3 is 0 Å². The summed E-state index contributed by atoms with van der Waals surface area (Å²) >= 11 is 3.54. The topological polar surface area (TPSA) is 52.2 Å². The van der Waals surface area contributed by atoms with Crippen LogP contribution in [0.4, 0.5) is 0 Å². The molecule has 1 aliphatic carbocycles. The zero-order chi connectivity index (χ0) is 22.1. The van der Waals surface area contributed by atoms with Crippen molar-refractivity contribution in [2.75, 3.05) is 5.75 Å². The Balaban J connectivity index is 1.64. The Morgan fingerprint density at radius 2 is 1.94 bits per heavy atom. The highest BCUT2D eigenvalue weighted by Crippen LogP contribution is 2.38. The van der Waals surface area contributed by atoms with Gasteiger partial charge in [-0.3, -0.25) is 4.79 Å². The number of unbranched alkanes of at least 4 members (excludes halogenated alkanes) is 4. The van der Waals surface area contributed by atoms with Crippen LogP contribution in [0.15, 0.2) is 40.3 Å². The Labute approximate surface area is 196 Å². The fraction of sp³-hybridized carbons (Fsp3) is 0.480. The number of benzene rings is 1. The molecule has 0 bridgehead atoms. The molecule has 168 valence electrons. The molecular weight excluding hydrogens is 436 g/mol. The molecule has 5 nitrogen and oxygen atoms in total. The smallest absolute Gasteiger partial charge is 0.268 e. The highest BCUT2D eigenvalue weighted by Gasteiger charge is 2.27. The van der Waals surface area contributed by atoms with Crippen molar-refractivity contribution in [3.63, 3.8) is 0 Å². The lowest BCUT2D eigenvalue weighted by Crippen LogP contribution is -2.22. The molecule has 5 rings (SSSR count). The minimum absolute atomic E-state index is 0.0364. The van der Waals surface area contributed by atoms with Gasteiger partial charge in [-0.1, -0.05) is 69.5 Å². The first kappa shape index (κ1) is 21.7. The van der Waals surface area contributed by atoms with Crippen molar-refractivity contribution in [3.8, 4) is 5.69 Å². The van der Waals surface area contributed by atoms with Crippen LogP contribution >= 0.6 is 23.1 Å². The summed E-state index contributed by atoms with van der Waals surface area (Å²) < 4.78 is 3.90. The van der Waals surface area contributed by atoms with Crippen molar-refractivity contribution in [2.45, 2.75) is 70.4 Å². The molecule has 0 fully saturated rings. The highest BCUT2D eigenvalue weighted by molar-refractivity contribution is 7.99. The summed E-state index contributed by atoms with van der Waals surface area (Å²) in [5.41, 5.74) is 2.13. The van der Waals surface area contributed by atoms with Gasteiger partial charge in [0, 0.05) is 10.6 Å². The van der Waals surface area contributed by atoms with Gasteiger partial charge in [0.25, 0.3) is 5.56 Å². The molecule has 0 aliphatic heterocycles. The van der Waals surface area contributed by atoms with E-state index in [2.05, 4.69) is 28.4 Å². The Kier molecular flexibility index (Phi) is 6.37. The number of para-hydroxylation sites is 1. The van der Waals surface area contributed by atoms with Crippen LogP contribution in [0.2, 0.25) is 0 Å². The maximum absolute atomic E-state index is 13.8. The predicted octanol–water partition coefficient (Wildman–Crippen LogP) is 6.28. The average Bonchev–Trinajstić information content (AvgIpc) is 3.38. The Morgan fingerprint density at radius 1 is 1.12 bits per heavy atom. The quantitative estimate of drug-likeness (QED) is 0.226. The minimum Gasteiger partial charge on any atom is -0.268 e. The van der Waals surface area contributed by atoms with Gasteiger partial charge in [0.1, 0.15) is 4.83 Å². The zero-order valence-electron chi connectivity index (χ0n) is 18.8. The van der Waals surface area contributed by atoms with Crippen LogP contribution in [0.25, 0.3) is 21.7 Å². The van der Waals surface area contributed by atoms with E-state index >= 15 is 0 Å². The van der Waals surface area contributed by atoms with Gasteiger partial charge < -0.3 is 0 Å². The molecule has 7 heteroatoms. The first-order chi connectivity index (χ1) is 15.7. The number of nitrogens with zero attached hydrogens (tertiary/aromatic N) is 4. The molecule has 0 amide bonds. The third-order valence-corrected chi connectivity index (χ3v) is 8.68. The van der Waals surface area contributed by atoms with Crippen molar-refractivity contribution < 1.29 is 0 Å². The molecule has 3 heterocycles. The summed E-state index contributed by atoms with van der Waals surface area (Å²) in [4.78, 5) is 16.2. The lowest BCUT2D eigenvalue weighted by molar-refractivity contribution is 0.509. The van der Waals surface area contributed by atoms with Crippen molar-refractivity contribution in [1.82, 2.24) is 19.2 Å². The third kappa shape index (κ3) is 3.90. The summed E-state index contributed by atoms with van der Waals surface area (Å²) in [5.74, 6) is 2.31. The van der Waals surface area contributed by atoms with Crippen LogP contribution in [-0.4, -0.2) is 24.9 Å². The molecule has 4 aromatic rings. The molecule has 1 atom stereocenters. The summed E-state index contributed by atoms with van der Waals surface area (Å²) in [6, 6.07) is 9.86. The molecule has 3 aromatic heterocycles. The number of aromatic nitrogens is 4. The van der Waals surface area contributed by atoms with Crippen LogP contribution in [0.3, 0.4) is 0 Å². The van der Waals surface area contributed by atoms with Crippen LogP contribution in [0.1, 0.15) is 62.8 Å². The molecule has 0 saturated carbocycles. The van der Waals surface area contributed by atoms with E-state index in [1.54, 1.807) is 27.7 Å². The maximum Gasteiger partial charge on any atom is 0.268 e. The van der Waals surface area contributed by atoms with Gasteiger partial charge in [-0.2, -0.15) is 0 Å². The van der Waals surface area contributed by atoms with Crippen LogP contribution < -0.4 is 5.56 Å². The Hall–Kier alpha value is -2.12. The molecule has 1 aromatic carbocycles. The minimum atomic E-state index is 0.0364. The van der Waals surface area contributed by atoms with Crippen LogP contribution in [-0.2, 0) is 12.8 Å². The highest BCUT2D eigenvalue weighted by atomic mass is 32.2. The van der Waals surface area contributed by atoms with E-state index in [-0.39, 0.29) is 5.56 Å². The first-order valence-electron chi connectivity index (χ1n) is 11.8. The van der Waals surface area contributed by atoms with E-state index < -0.39 is 0 Å². The van der Waals surface area contributed by atoms with Crippen molar-refractivity contribution in [3.05, 3.63) is 51.1 Å². The van der Waals surface area contributed by atoms with Crippen molar-refractivity contribution in [2.24, 2.45) is 5.92 Å². The normalized spacial score (nSPS) is 16.1. The lowest BCUT2D eigenvalue weighted by atomic mass is 9.89. The molecule has 0 saturated heterocycles. The maximum atomic E-state index is 13.8. The number of thiophene rings is 1. The van der Waals surface area contributed by atoms with E-state index in [1.165, 1.54) is 42.5 Å². The summed E-state index contributed by atoms with van der Waals surface area (Å²) in [6.45, 7) is 4.56. The van der Waals surface area contributed by atoms with E-state index in [4.69, 9.17) is 0 Å². The van der Waals surface area contributed by atoms with Gasteiger partial charge in [-0.05, 0) is 49.3 Å². The van der Waals surface area contributed by atoms with Gasteiger partial charge in [0.15, 0.2) is 5.16 Å². The number of aryl methyl sites for hydroxylation is 1. The molecule has 0 N–H and O–H groups in total. The Morgan fingerprint density at radius 3 is 2.75 bits per heavy atom. The second kappa shape index (κ2) is 9.40. The van der Waals surface area contributed by atoms with E-state index in [0.717, 1.165) is 46.1 Å². The molecule has 0 spiro atoms. The summed E-state index contributed by atoms with van der Waals surface area (Å²) in [5, 5.41) is 10.8. The number of fused-ring (bicyclic) bond motifs is 5. The van der Waals surface area contributed by atoms with E-state index in [1.807, 2.05) is 30.3 Å². The van der Waals surface area contributed by atoms with Gasteiger partial charge in [0.05, 0.1) is 11.1 Å². The van der Waals surface area contributed by atoms with E-state index in [9.17, 15) is 4.79 Å². The van der Waals surface area contributed by atoms with Gasteiger partial charge in [-0.15, -0.1) is 21.5 Å². The van der Waals surface area contributed by atoms with Crippen molar-refractivity contribution in [1.29, 1.82) is 0 Å². The number of rotatable bonds is 8. The molecule has 1 aliphatic rings. The zero-order valence-corrected chi connectivity index (χ0v) is 20.5. The van der Waals surface area contributed by atoms with E-state index in [0.29, 0.717) is 11.7 Å².